The van der Waals surface area contributed by atoms with Crippen molar-refractivity contribution in [3.63, 3.8) is 0 Å². The summed E-state index contributed by atoms with van der Waals surface area (Å²) in [4.78, 5) is 4.46. The molecule has 0 unspecified atom stereocenters. The van der Waals surface area contributed by atoms with Crippen molar-refractivity contribution in [1.82, 2.24) is 4.98 Å². The minimum atomic E-state index is -3.33. The Morgan fingerprint density at radius 1 is 1.12 bits per heavy atom. The molecule has 7 heteroatoms. The topological polar surface area (TPSA) is 79.3 Å². The first-order valence-corrected chi connectivity index (χ1v) is 9.38. The van der Waals surface area contributed by atoms with Crippen LogP contribution in [0.3, 0.4) is 0 Å². The van der Waals surface area contributed by atoms with Gasteiger partial charge in [-0.05, 0) is 42.8 Å². The van der Waals surface area contributed by atoms with Gasteiger partial charge in [-0.1, -0.05) is 17.7 Å². The minimum absolute atomic E-state index is 0.0110. The van der Waals surface area contributed by atoms with Gasteiger partial charge in [-0.3, -0.25) is 4.98 Å². The number of nitrogens with zero attached hydrogens (tertiary/aromatic N) is 1. The lowest BCUT2D eigenvalue weighted by Gasteiger charge is -2.13. The number of benzene rings is 2. The Kier molecular flexibility index (Phi) is 4.11. The fourth-order valence-electron chi connectivity index (χ4n) is 2.37. The summed E-state index contributed by atoms with van der Waals surface area (Å²) in [6, 6.07) is 9.98. The minimum Gasteiger partial charge on any atom is -0.506 e. The van der Waals surface area contributed by atoms with Crippen molar-refractivity contribution in [3.8, 4) is 5.75 Å². The van der Waals surface area contributed by atoms with Gasteiger partial charge >= 0.3 is 0 Å². The summed E-state index contributed by atoms with van der Waals surface area (Å²) in [7, 11) is -3.33. The van der Waals surface area contributed by atoms with Crippen LogP contribution < -0.4 is 5.32 Å². The van der Waals surface area contributed by atoms with Crippen molar-refractivity contribution in [2.75, 3.05) is 11.6 Å². The first-order valence-electron chi connectivity index (χ1n) is 7.11. The number of hydrogen-bond donors (Lipinski definition) is 2. The highest BCUT2D eigenvalue weighted by molar-refractivity contribution is 7.90. The smallest absolute Gasteiger partial charge is 0.175 e. The molecular weight excluding hydrogens is 348 g/mol. The summed E-state index contributed by atoms with van der Waals surface area (Å²) in [5.41, 5.74) is 2.50. The number of anilines is 2. The molecule has 2 aromatic carbocycles. The molecule has 0 bridgehead atoms. The van der Waals surface area contributed by atoms with Gasteiger partial charge < -0.3 is 10.4 Å². The summed E-state index contributed by atoms with van der Waals surface area (Å²) in [6.07, 6.45) is 2.78. The molecule has 1 aromatic heterocycles. The average Bonchev–Trinajstić information content (AvgIpc) is 2.54. The Morgan fingerprint density at radius 2 is 1.88 bits per heavy atom. The highest BCUT2D eigenvalue weighted by Crippen LogP contribution is 2.37. The van der Waals surface area contributed by atoms with E-state index in [1.165, 1.54) is 6.07 Å². The molecule has 0 spiro atoms. The number of pyridine rings is 1. The van der Waals surface area contributed by atoms with Crippen LogP contribution in [0.2, 0.25) is 5.02 Å². The van der Waals surface area contributed by atoms with Gasteiger partial charge in [0.2, 0.25) is 0 Å². The number of halogens is 1. The van der Waals surface area contributed by atoms with Crippen LogP contribution in [0.25, 0.3) is 10.9 Å². The molecule has 0 saturated heterocycles. The van der Waals surface area contributed by atoms with Crippen molar-refractivity contribution in [1.29, 1.82) is 0 Å². The zero-order chi connectivity index (χ0) is 17.5. The zero-order valence-electron chi connectivity index (χ0n) is 13.0. The second-order valence-electron chi connectivity index (χ2n) is 5.53. The molecule has 0 aliphatic carbocycles. The Bertz CT molecular complexity index is 1050. The van der Waals surface area contributed by atoms with Crippen LogP contribution in [0.4, 0.5) is 11.4 Å². The van der Waals surface area contributed by atoms with E-state index in [4.69, 9.17) is 11.6 Å². The highest BCUT2D eigenvalue weighted by Gasteiger charge is 2.13. The van der Waals surface area contributed by atoms with Crippen molar-refractivity contribution in [3.05, 3.63) is 53.2 Å². The summed E-state index contributed by atoms with van der Waals surface area (Å²) in [5, 5.41) is 14.0. The Morgan fingerprint density at radius 3 is 2.58 bits per heavy atom. The molecule has 3 rings (SSSR count). The van der Waals surface area contributed by atoms with Gasteiger partial charge in [0.15, 0.2) is 9.84 Å². The molecular formula is C17H15ClN2O3S. The van der Waals surface area contributed by atoms with E-state index in [0.29, 0.717) is 27.8 Å². The molecule has 0 amide bonds. The SMILES string of the molecule is Cc1ccc(Nc2ccnc3ccc(S(C)(=O)=O)cc23)c(Cl)c1O. The number of aromatic nitrogens is 1. The van der Waals surface area contributed by atoms with Crippen LogP contribution in [0.5, 0.6) is 5.75 Å². The van der Waals surface area contributed by atoms with Crippen molar-refractivity contribution in [2.45, 2.75) is 11.8 Å². The molecule has 0 atom stereocenters. The van der Waals surface area contributed by atoms with Crippen LogP contribution in [0, 0.1) is 6.92 Å². The van der Waals surface area contributed by atoms with Crippen LogP contribution in [-0.2, 0) is 9.84 Å². The molecule has 5 nitrogen and oxygen atoms in total. The highest BCUT2D eigenvalue weighted by atomic mass is 35.5. The van der Waals surface area contributed by atoms with Gasteiger partial charge in [0.05, 0.1) is 16.1 Å². The lowest BCUT2D eigenvalue weighted by atomic mass is 10.1. The third-order valence-electron chi connectivity index (χ3n) is 3.73. The number of fused-ring (bicyclic) bond motifs is 1. The largest absolute Gasteiger partial charge is 0.506 e. The molecule has 124 valence electrons. The lowest BCUT2D eigenvalue weighted by molar-refractivity contribution is 0.471. The van der Waals surface area contributed by atoms with Gasteiger partial charge in [-0.2, -0.15) is 0 Å². The number of aromatic hydroxyl groups is 1. The molecule has 0 saturated carbocycles. The van der Waals surface area contributed by atoms with E-state index in [1.54, 1.807) is 43.5 Å². The molecule has 2 N–H and O–H groups in total. The Labute approximate surface area is 144 Å². The van der Waals surface area contributed by atoms with E-state index in [9.17, 15) is 13.5 Å². The van der Waals surface area contributed by atoms with Gasteiger partial charge in [-0.25, -0.2) is 8.42 Å². The van der Waals surface area contributed by atoms with Crippen LogP contribution >= 0.6 is 11.6 Å². The van der Waals surface area contributed by atoms with Crippen LogP contribution in [0.15, 0.2) is 47.5 Å². The van der Waals surface area contributed by atoms with Crippen molar-refractivity contribution >= 4 is 43.7 Å². The molecule has 0 aliphatic heterocycles. The summed E-state index contributed by atoms with van der Waals surface area (Å²) >= 11 is 6.18. The molecule has 24 heavy (non-hydrogen) atoms. The third-order valence-corrected chi connectivity index (χ3v) is 5.22. The summed E-state index contributed by atoms with van der Waals surface area (Å²) < 4.78 is 23.6. The molecule has 1 heterocycles. The van der Waals surface area contributed by atoms with E-state index in [2.05, 4.69) is 10.3 Å². The van der Waals surface area contributed by atoms with Crippen molar-refractivity contribution in [2.24, 2.45) is 0 Å². The van der Waals surface area contributed by atoms with Gasteiger partial charge in [-0.15, -0.1) is 0 Å². The maximum atomic E-state index is 11.8. The standard InChI is InChI=1S/C17H15ClN2O3S/c1-10-3-5-15(16(18)17(10)21)20-14-7-8-19-13-6-4-11(9-12(13)14)24(2,22)23/h3-9,21H,1-2H3,(H,19,20). The second-order valence-corrected chi connectivity index (χ2v) is 7.92. The number of rotatable bonds is 3. The van der Waals surface area contributed by atoms with E-state index in [0.717, 1.165) is 6.26 Å². The molecule has 0 radical (unpaired) electrons. The normalized spacial score (nSPS) is 11.6. The van der Waals surface area contributed by atoms with E-state index >= 15 is 0 Å². The first kappa shape index (κ1) is 16.5. The number of hydrogen-bond acceptors (Lipinski definition) is 5. The molecule has 0 aliphatic rings. The predicted molar refractivity (Wildman–Crippen MR) is 96.0 cm³/mol. The number of phenolic OH excluding ortho intramolecular Hbond substituents is 1. The zero-order valence-corrected chi connectivity index (χ0v) is 14.6. The fourth-order valence-corrected chi connectivity index (χ4v) is 3.27. The first-order chi connectivity index (χ1) is 11.3. The van der Waals surface area contributed by atoms with E-state index in [-0.39, 0.29) is 15.7 Å². The number of phenols is 1. The lowest BCUT2D eigenvalue weighted by Crippen LogP contribution is -1.99. The van der Waals surface area contributed by atoms with Gasteiger partial charge in [0.25, 0.3) is 0 Å². The van der Waals surface area contributed by atoms with Crippen LogP contribution in [0.1, 0.15) is 5.56 Å². The molecule has 0 fully saturated rings. The Balaban J connectivity index is 2.15. The van der Waals surface area contributed by atoms with Crippen LogP contribution in [-0.4, -0.2) is 24.8 Å². The van der Waals surface area contributed by atoms with Gasteiger partial charge in [0.1, 0.15) is 10.8 Å². The van der Waals surface area contributed by atoms with E-state index in [1.807, 2.05) is 0 Å². The number of aryl methyl sites for hydroxylation is 1. The number of nitrogens with one attached hydrogen (secondary N) is 1. The predicted octanol–water partition coefficient (Wildman–Crippen LogP) is 4.05. The quantitative estimate of drug-likeness (QED) is 0.734. The van der Waals surface area contributed by atoms with Gasteiger partial charge in [0, 0.05) is 23.5 Å². The second kappa shape index (κ2) is 5.96. The summed E-state index contributed by atoms with van der Waals surface area (Å²) in [6.45, 7) is 1.76. The monoisotopic (exact) mass is 362 g/mol. The maximum absolute atomic E-state index is 11.8. The average molecular weight is 363 g/mol. The van der Waals surface area contributed by atoms with E-state index < -0.39 is 9.84 Å². The van der Waals surface area contributed by atoms with Crippen molar-refractivity contribution < 1.29 is 13.5 Å². The fraction of sp³-hybridized carbons (Fsp3) is 0.118. The third kappa shape index (κ3) is 3.02. The maximum Gasteiger partial charge on any atom is 0.175 e. The molecule has 3 aromatic rings. The number of sulfone groups is 1. The summed E-state index contributed by atoms with van der Waals surface area (Å²) in [5.74, 6) is 0.0110. The Hall–Kier alpha value is -2.31.